The van der Waals surface area contributed by atoms with Crippen LogP contribution < -0.4 is 5.32 Å². The Morgan fingerprint density at radius 3 is 2.37 bits per heavy atom. The molecule has 1 aromatic rings. The Kier molecular flexibility index (Phi) is 7.07. The normalized spacial score (nSPS) is 13.2. The molecule has 0 spiro atoms. The van der Waals surface area contributed by atoms with Gasteiger partial charge in [0.2, 0.25) is 0 Å². The minimum absolute atomic E-state index is 0.129. The third-order valence-corrected chi connectivity index (χ3v) is 3.20. The molecule has 0 aromatic heterocycles. The van der Waals surface area contributed by atoms with Crippen molar-refractivity contribution in [2.45, 2.75) is 40.5 Å². The largest absolute Gasteiger partial charge is 0.316 e. The first kappa shape index (κ1) is 16.2. The fraction of sp³-hybridized carbons (Fsp3) is 0.647. The Bertz CT molecular complexity index is 360. The standard InChI is InChI=1S/C17H28FN/c1-13(2)8-16(12-19-11-14(3)4)9-15-6-5-7-17(18)10-15/h5-7,10,13-14,16,19H,8-9,11-12H2,1-4H3. The molecule has 0 amide bonds. The lowest BCUT2D eigenvalue weighted by Crippen LogP contribution is -2.28. The van der Waals surface area contributed by atoms with E-state index in [1.165, 1.54) is 12.5 Å². The van der Waals surface area contributed by atoms with Crippen LogP contribution in [0, 0.1) is 23.6 Å². The van der Waals surface area contributed by atoms with E-state index in [1.807, 2.05) is 6.07 Å². The lowest BCUT2D eigenvalue weighted by Gasteiger charge is -2.20. The molecule has 0 aliphatic carbocycles. The number of nitrogens with one attached hydrogen (secondary N) is 1. The first-order chi connectivity index (χ1) is 8.97. The van der Waals surface area contributed by atoms with Gasteiger partial charge in [-0.15, -0.1) is 0 Å². The Hall–Kier alpha value is -0.890. The van der Waals surface area contributed by atoms with E-state index in [9.17, 15) is 4.39 Å². The van der Waals surface area contributed by atoms with Gasteiger partial charge >= 0.3 is 0 Å². The molecule has 108 valence electrons. The second-order valence-corrected chi connectivity index (χ2v) is 6.38. The van der Waals surface area contributed by atoms with Gasteiger partial charge in [-0.3, -0.25) is 0 Å². The van der Waals surface area contributed by atoms with E-state index in [0.717, 1.165) is 25.1 Å². The van der Waals surface area contributed by atoms with E-state index in [-0.39, 0.29) is 5.82 Å². The molecule has 0 heterocycles. The molecule has 2 heteroatoms. The molecule has 0 fully saturated rings. The molecule has 0 saturated heterocycles. The van der Waals surface area contributed by atoms with Gasteiger partial charge in [0, 0.05) is 0 Å². The zero-order chi connectivity index (χ0) is 14.3. The van der Waals surface area contributed by atoms with Gasteiger partial charge in [-0.25, -0.2) is 4.39 Å². The van der Waals surface area contributed by atoms with Crippen LogP contribution in [-0.4, -0.2) is 13.1 Å². The number of benzene rings is 1. The first-order valence-electron chi connectivity index (χ1n) is 7.42. The molecule has 1 N–H and O–H groups in total. The molecule has 0 radical (unpaired) electrons. The van der Waals surface area contributed by atoms with Crippen LogP contribution in [0.5, 0.6) is 0 Å². The highest BCUT2D eigenvalue weighted by Crippen LogP contribution is 2.17. The van der Waals surface area contributed by atoms with Crippen molar-refractivity contribution in [1.82, 2.24) is 5.32 Å². The number of hydrogen-bond donors (Lipinski definition) is 1. The number of halogens is 1. The van der Waals surface area contributed by atoms with E-state index < -0.39 is 0 Å². The molecular weight excluding hydrogens is 237 g/mol. The van der Waals surface area contributed by atoms with Crippen molar-refractivity contribution in [3.63, 3.8) is 0 Å². The molecule has 1 aromatic carbocycles. The fourth-order valence-electron chi connectivity index (χ4n) is 2.48. The van der Waals surface area contributed by atoms with Crippen LogP contribution in [0.3, 0.4) is 0 Å². The average Bonchev–Trinajstić information content (AvgIpc) is 2.27. The van der Waals surface area contributed by atoms with Crippen LogP contribution in [0.2, 0.25) is 0 Å². The van der Waals surface area contributed by atoms with Gasteiger partial charge in [0.25, 0.3) is 0 Å². The zero-order valence-electron chi connectivity index (χ0n) is 12.7. The summed E-state index contributed by atoms with van der Waals surface area (Å²) in [6.45, 7) is 11.0. The SMILES string of the molecule is CC(C)CNCC(Cc1cccc(F)c1)CC(C)C. The van der Waals surface area contributed by atoms with Crippen molar-refractivity contribution in [2.75, 3.05) is 13.1 Å². The quantitative estimate of drug-likeness (QED) is 0.740. The second kappa shape index (κ2) is 8.31. The summed E-state index contributed by atoms with van der Waals surface area (Å²) in [4.78, 5) is 0. The van der Waals surface area contributed by atoms with E-state index in [1.54, 1.807) is 12.1 Å². The van der Waals surface area contributed by atoms with Crippen molar-refractivity contribution in [1.29, 1.82) is 0 Å². The van der Waals surface area contributed by atoms with Crippen molar-refractivity contribution in [3.8, 4) is 0 Å². The second-order valence-electron chi connectivity index (χ2n) is 6.38. The summed E-state index contributed by atoms with van der Waals surface area (Å²) in [6.07, 6.45) is 2.14. The Morgan fingerprint density at radius 2 is 1.79 bits per heavy atom. The molecule has 1 nitrogen and oxygen atoms in total. The Morgan fingerprint density at radius 1 is 1.05 bits per heavy atom. The van der Waals surface area contributed by atoms with Crippen molar-refractivity contribution >= 4 is 0 Å². The van der Waals surface area contributed by atoms with E-state index in [4.69, 9.17) is 0 Å². The molecular formula is C17H28FN. The lowest BCUT2D eigenvalue weighted by atomic mass is 9.90. The maximum absolute atomic E-state index is 13.2. The van der Waals surface area contributed by atoms with E-state index in [0.29, 0.717) is 17.8 Å². The summed E-state index contributed by atoms with van der Waals surface area (Å²) in [5, 5.41) is 3.53. The molecule has 19 heavy (non-hydrogen) atoms. The molecule has 1 atom stereocenters. The summed E-state index contributed by atoms with van der Waals surface area (Å²) < 4.78 is 13.2. The summed E-state index contributed by atoms with van der Waals surface area (Å²) in [5.74, 6) is 1.81. The third-order valence-electron chi connectivity index (χ3n) is 3.20. The van der Waals surface area contributed by atoms with E-state index in [2.05, 4.69) is 33.0 Å². The highest BCUT2D eigenvalue weighted by molar-refractivity contribution is 5.16. The molecule has 0 bridgehead atoms. The highest BCUT2D eigenvalue weighted by atomic mass is 19.1. The summed E-state index contributed by atoms with van der Waals surface area (Å²) in [7, 11) is 0. The van der Waals surface area contributed by atoms with Gasteiger partial charge in [0.05, 0.1) is 0 Å². The zero-order valence-corrected chi connectivity index (χ0v) is 12.7. The smallest absolute Gasteiger partial charge is 0.123 e. The molecule has 0 aliphatic rings. The third kappa shape index (κ3) is 7.31. The Labute approximate surface area is 117 Å². The molecule has 0 aliphatic heterocycles. The van der Waals surface area contributed by atoms with Crippen LogP contribution in [0.4, 0.5) is 4.39 Å². The highest BCUT2D eigenvalue weighted by Gasteiger charge is 2.12. The van der Waals surface area contributed by atoms with Crippen LogP contribution >= 0.6 is 0 Å². The predicted molar refractivity (Wildman–Crippen MR) is 80.8 cm³/mol. The average molecular weight is 265 g/mol. The van der Waals surface area contributed by atoms with Crippen molar-refractivity contribution in [2.24, 2.45) is 17.8 Å². The summed E-state index contributed by atoms with van der Waals surface area (Å²) >= 11 is 0. The molecule has 1 unspecified atom stereocenters. The number of rotatable bonds is 8. The summed E-state index contributed by atoms with van der Waals surface area (Å²) in [5.41, 5.74) is 1.11. The lowest BCUT2D eigenvalue weighted by molar-refractivity contribution is 0.376. The first-order valence-corrected chi connectivity index (χ1v) is 7.42. The predicted octanol–water partition coefficient (Wildman–Crippen LogP) is 4.28. The van der Waals surface area contributed by atoms with Gasteiger partial charge in [0.15, 0.2) is 0 Å². The van der Waals surface area contributed by atoms with Crippen LogP contribution in [0.1, 0.15) is 39.7 Å². The van der Waals surface area contributed by atoms with Crippen LogP contribution in [0.15, 0.2) is 24.3 Å². The molecule has 1 rings (SSSR count). The number of hydrogen-bond acceptors (Lipinski definition) is 1. The monoisotopic (exact) mass is 265 g/mol. The van der Waals surface area contributed by atoms with Crippen LogP contribution in [0.25, 0.3) is 0 Å². The van der Waals surface area contributed by atoms with Gasteiger partial charge < -0.3 is 5.32 Å². The minimum atomic E-state index is -0.129. The maximum atomic E-state index is 13.2. The maximum Gasteiger partial charge on any atom is 0.123 e. The van der Waals surface area contributed by atoms with Gasteiger partial charge in [-0.2, -0.15) is 0 Å². The van der Waals surface area contributed by atoms with Crippen molar-refractivity contribution in [3.05, 3.63) is 35.6 Å². The molecule has 0 saturated carbocycles. The van der Waals surface area contributed by atoms with Crippen LogP contribution in [-0.2, 0) is 6.42 Å². The summed E-state index contributed by atoms with van der Waals surface area (Å²) in [6, 6.07) is 7.01. The fourth-order valence-corrected chi connectivity index (χ4v) is 2.48. The van der Waals surface area contributed by atoms with Crippen molar-refractivity contribution < 1.29 is 4.39 Å². The minimum Gasteiger partial charge on any atom is -0.316 e. The van der Waals surface area contributed by atoms with Gasteiger partial charge in [0.1, 0.15) is 5.82 Å². The van der Waals surface area contributed by atoms with E-state index >= 15 is 0 Å². The Balaban J connectivity index is 2.53. The van der Waals surface area contributed by atoms with Gasteiger partial charge in [-0.1, -0.05) is 39.8 Å². The topological polar surface area (TPSA) is 12.0 Å². The van der Waals surface area contributed by atoms with Gasteiger partial charge in [-0.05, 0) is 61.4 Å².